The maximum Gasteiger partial charge on any atom is 0.144 e. The van der Waals surface area contributed by atoms with E-state index >= 15 is 0 Å². The molecule has 0 heterocycles. The van der Waals surface area contributed by atoms with E-state index in [4.69, 9.17) is 16.3 Å². The van der Waals surface area contributed by atoms with Gasteiger partial charge in [0.05, 0.1) is 7.11 Å². The minimum Gasteiger partial charge on any atom is -0.591 e. The fourth-order valence-electron chi connectivity index (χ4n) is 1.61. The van der Waals surface area contributed by atoms with Crippen LogP contribution in [0.3, 0.4) is 0 Å². The molecule has 0 saturated heterocycles. The average molecular weight is 334 g/mol. The summed E-state index contributed by atoms with van der Waals surface area (Å²) in [5.41, 5.74) is 1.08. The molecule has 0 aliphatic carbocycles. The predicted molar refractivity (Wildman–Crippen MR) is 87.3 cm³/mol. The lowest BCUT2D eigenvalue weighted by Crippen LogP contribution is -2.27. The number of rotatable bonds is 6. The maximum absolute atomic E-state index is 13.5. The van der Waals surface area contributed by atoms with Crippen molar-refractivity contribution in [2.75, 3.05) is 13.0 Å². The van der Waals surface area contributed by atoms with Crippen molar-refractivity contribution in [3.8, 4) is 5.75 Å². The van der Waals surface area contributed by atoms with Gasteiger partial charge in [0.25, 0.3) is 0 Å². The van der Waals surface area contributed by atoms with Crippen molar-refractivity contribution in [1.82, 2.24) is 0 Å². The van der Waals surface area contributed by atoms with Gasteiger partial charge >= 0.3 is 0 Å². The quantitative estimate of drug-likeness (QED) is 0.447. The normalized spacial score (nSPS) is 14.1. The van der Waals surface area contributed by atoms with Gasteiger partial charge in [-0.3, -0.25) is 0 Å². The zero-order valence-electron chi connectivity index (χ0n) is 12.8. The summed E-state index contributed by atoms with van der Waals surface area (Å²) in [7, 11) is 1.51. The van der Waals surface area contributed by atoms with E-state index in [1.807, 2.05) is 20.8 Å². The highest BCUT2D eigenvalue weighted by Gasteiger charge is 2.28. The largest absolute Gasteiger partial charge is 0.591 e. The first-order valence-electron chi connectivity index (χ1n) is 6.69. The Morgan fingerprint density at radius 2 is 2.10 bits per heavy atom. The van der Waals surface area contributed by atoms with Gasteiger partial charge in [0.1, 0.15) is 33.4 Å². The van der Waals surface area contributed by atoms with Crippen molar-refractivity contribution in [3.63, 3.8) is 0 Å². The van der Waals surface area contributed by atoms with Gasteiger partial charge in [-0.2, -0.15) is 0 Å². The Balaban J connectivity index is 3.25. The monoisotopic (exact) mass is 333 g/mol. The highest BCUT2D eigenvalue weighted by Crippen LogP contribution is 2.25. The predicted octanol–water partition coefficient (Wildman–Crippen LogP) is 4.10. The van der Waals surface area contributed by atoms with E-state index in [2.05, 4.69) is 4.40 Å². The van der Waals surface area contributed by atoms with Crippen molar-refractivity contribution in [2.45, 2.75) is 38.4 Å². The molecule has 1 atom stereocenters. The van der Waals surface area contributed by atoms with Crippen LogP contribution in [0, 0.1) is 5.82 Å². The van der Waals surface area contributed by atoms with E-state index in [9.17, 15) is 8.94 Å². The molecule has 1 aromatic rings. The van der Waals surface area contributed by atoms with Crippen molar-refractivity contribution in [2.24, 2.45) is 4.40 Å². The molecule has 0 aromatic heterocycles. The first kappa shape index (κ1) is 18.3. The molecule has 0 N–H and O–H groups in total. The van der Waals surface area contributed by atoms with Crippen molar-refractivity contribution in [3.05, 3.63) is 29.6 Å². The van der Waals surface area contributed by atoms with Crippen LogP contribution in [0.1, 0.15) is 39.2 Å². The summed E-state index contributed by atoms with van der Waals surface area (Å²) in [6, 6.07) is 4.22. The molecule has 21 heavy (non-hydrogen) atoms. The second-order valence-corrected chi connectivity index (χ2v) is 7.82. The third-order valence-corrected chi connectivity index (χ3v) is 4.44. The van der Waals surface area contributed by atoms with Gasteiger partial charge in [0.15, 0.2) is 0 Å². The Kier molecular flexibility index (Phi) is 6.97. The zero-order valence-corrected chi connectivity index (χ0v) is 14.4. The van der Waals surface area contributed by atoms with Gasteiger partial charge in [-0.05, 0) is 51.8 Å². The Labute approximate surface area is 133 Å². The first-order valence-corrected chi connectivity index (χ1v) is 8.33. The fourth-order valence-corrected chi connectivity index (χ4v) is 2.40. The first-order chi connectivity index (χ1) is 9.79. The second kappa shape index (κ2) is 8.01. The molecule has 0 fully saturated rings. The fraction of sp³-hybridized carbons (Fsp3) is 0.533. The number of hydrogen-bond acceptors (Lipinski definition) is 3. The number of nitrogens with zero attached hydrogens (tertiary/aromatic N) is 1. The SMILES string of the molecule is COc1ccc(F)cc1C(CCCCl)=N[S+]([O-])C(C)(C)C. The molecule has 0 saturated carbocycles. The van der Waals surface area contributed by atoms with Gasteiger partial charge in [-0.15, -0.1) is 11.6 Å². The topological polar surface area (TPSA) is 44.6 Å². The summed E-state index contributed by atoms with van der Waals surface area (Å²) >= 11 is 4.31. The molecule has 0 amide bonds. The molecular formula is C15H21ClFNO2S. The highest BCUT2D eigenvalue weighted by atomic mass is 35.5. The van der Waals surface area contributed by atoms with Crippen LogP contribution >= 0.6 is 11.6 Å². The van der Waals surface area contributed by atoms with Gasteiger partial charge in [-0.1, -0.05) is 4.40 Å². The standard InChI is InChI=1S/C15H21ClFNO2S/c1-15(2,3)21(19)18-13(6-5-9-16)12-10-11(17)7-8-14(12)20-4/h7-8,10H,5-6,9H2,1-4H3. The van der Waals surface area contributed by atoms with Crippen LogP contribution in [0.25, 0.3) is 0 Å². The Morgan fingerprint density at radius 1 is 1.43 bits per heavy atom. The summed E-state index contributed by atoms with van der Waals surface area (Å²) in [6.07, 6.45) is 1.19. The van der Waals surface area contributed by atoms with Crippen LogP contribution < -0.4 is 4.74 Å². The lowest BCUT2D eigenvalue weighted by atomic mass is 10.0. The van der Waals surface area contributed by atoms with E-state index in [1.165, 1.54) is 19.2 Å². The third-order valence-electron chi connectivity index (χ3n) is 2.74. The van der Waals surface area contributed by atoms with Gasteiger partial charge in [0, 0.05) is 11.4 Å². The number of benzene rings is 1. The van der Waals surface area contributed by atoms with E-state index in [0.29, 0.717) is 35.7 Å². The van der Waals surface area contributed by atoms with Crippen LogP contribution in [-0.2, 0) is 11.4 Å². The van der Waals surface area contributed by atoms with Crippen LogP contribution in [0.5, 0.6) is 5.75 Å². The Morgan fingerprint density at radius 3 is 2.62 bits per heavy atom. The molecular weight excluding hydrogens is 313 g/mol. The number of hydrogen-bond donors (Lipinski definition) is 0. The molecule has 0 aliphatic rings. The highest BCUT2D eigenvalue weighted by molar-refractivity contribution is 7.91. The molecule has 0 radical (unpaired) electrons. The van der Waals surface area contributed by atoms with Crippen LogP contribution in [-0.4, -0.2) is 28.0 Å². The van der Waals surface area contributed by atoms with Crippen LogP contribution in [0.15, 0.2) is 22.6 Å². The van der Waals surface area contributed by atoms with Crippen molar-refractivity contribution in [1.29, 1.82) is 0 Å². The molecule has 0 spiro atoms. The van der Waals surface area contributed by atoms with E-state index in [-0.39, 0.29) is 5.82 Å². The summed E-state index contributed by atoms with van der Waals surface area (Å²) in [5, 5.41) is 0. The van der Waals surface area contributed by atoms with E-state index in [0.717, 1.165) is 0 Å². The number of ether oxygens (including phenoxy) is 1. The van der Waals surface area contributed by atoms with Crippen LogP contribution in [0.2, 0.25) is 0 Å². The molecule has 0 aliphatic heterocycles. The molecule has 3 nitrogen and oxygen atoms in total. The number of methoxy groups -OCH3 is 1. The van der Waals surface area contributed by atoms with Gasteiger partial charge in [0.2, 0.25) is 0 Å². The van der Waals surface area contributed by atoms with Crippen molar-refractivity contribution >= 4 is 28.7 Å². The minimum atomic E-state index is -1.42. The zero-order chi connectivity index (χ0) is 16.0. The number of halogens is 2. The molecule has 6 heteroatoms. The van der Waals surface area contributed by atoms with Gasteiger partial charge in [-0.25, -0.2) is 4.39 Å². The minimum absolute atomic E-state index is 0.383. The third kappa shape index (κ3) is 5.49. The second-order valence-electron chi connectivity index (χ2n) is 5.54. The van der Waals surface area contributed by atoms with E-state index in [1.54, 1.807) is 6.07 Å². The summed E-state index contributed by atoms with van der Waals surface area (Å²) in [6.45, 7) is 5.53. The maximum atomic E-state index is 13.5. The van der Waals surface area contributed by atoms with Crippen LogP contribution in [0.4, 0.5) is 4.39 Å². The molecule has 0 bridgehead atoms. The number of alkyl halides is 1. The molecule has 1 unspecified atom stereocenters. The Hall–Kier alpha value is -0.780. The lowest BCUT2D eigenvalue weighted by Gasteiger charge is -2.20. The Bertz CT molecular complexity index is 503. The van der Waals surface area contributed by atoms with E-state index < -0.39 is 16.1 Å². The molecule has 118 valence electrons. The summed E-state index contributed by atoms with van der Waals surface area (Å²) in [4.78, 5) is 0. The summed E-state index contributed by atoms with van der Waals surface area (Å²) in [5.74, 6) is 0.584. The van der Waals surface area contributed by atoms with Gasteiger partial charge < -0.3 is 9.29 Å². The molecule has 1 aromatic carbocycles. The van der Waals surface area contributed by atoms with Crippen molar-refractivity contribution < 1.29 is 13.7 Å². The lowest BCUT2D eigenvalue weighted by molar-refractivity contribution is 0.412. The smallest absolute Gasteiger partial charge is 0.144 e. The molecule has 1 rings (SSSR count). The average Bonchev–Trinajstić information content (AvgIpc) is 2.42. The summed E-state index contributed by atoms with van der Waals surface area (Å²) < 4.78 is 34.8.